The molecule has 0 aliphatic heterocycles. The zero-order valence-corrected chi connectivity index (χ0v) is 12.9. The van der Waals surface area contributed by atoms with E-state index in [-0.39, 0.29) is 11.5 Å². The van der Waals surface area contributed by atoms with E-state index >= 15 is 0 Å². The fourth-order valence-electron chi connectivity index (χ4n) is 1.94. The third-order valence-electron chi connectivity index (χ3n) is 3.00. The van der Waals surface area contributed by atoms with Crippen LogP contribution in [0.1, 0.15) is 43.2 Å². The molecule has 0 aliphatic rings. The molecular formula is C15H16N2O3S. The summed E-state index contributed by atoms with van der Waals surface area (Å²) in [6, 6.07) is 4.90. The largest absolute Gasteiger partial charge is 0.478 e. The van der Waals surface area contributed by atoms with Crippen LogP contribution in [0.2, 0.25) is 0 Å². The minimum atomic E-state index is -1.07. The monoisotopic (exact) mass is 304 g/mol. The maximum Gasteiger partial charge on any atom is 0.337 e. The van der Waals surface area contributed by atoms with E-state index in [0.717, 1.165) is 17.0 Å². The van der Waals surface area contributed by atoms with Crippen LogP contribution in [0.5, 0.6) is 0 Å². The Morgan fingerprint density at radius 1 is 1.33 bits per heavy atom. The molecule has 0 fully saturated rings. The van der Waals surface area contributed by atoms with Crippen molar-refractivity contribution < 1.29 is 14.7 Å². The number of aromatic carboxylic acids is 1. The van der Waals surface area contributed by atoms with Crippen LogP contribution in [0, 0.1) is 13.8 Å². The van der Waals surface area contributed by atoms with Gasteiger partial charge in [-0.3, -0.25) is 4.79 Å². The summed E-state index contributed by atoms with van der Waals surface area (Å²) in [6.07, 6.45) is 0.768. The van der Waals surface area contributed by atoms with Gasteiger partial charge in [0.05, 0.1) is 22.0 Å². The Balaban J connectivity index is 2.31. The molecule has 1 amide bonds. The van der Waals surface area contributed by atoms with Crippen molar-refractivity contribution >= 4 is 28.9 Å². The number of aromatic nitrogens is 1. The summed E-state index contributed by atoms with van der Waals surface area (Å²) in [5.41, 5.74) is 1.87. The number of carboxylic acids is 1. The molecular weight excluding hydrogens is 288 g/mol. The minimum Gasteiger partial charge on any atom is -0.478 e. The van der Waals surface area contributed by atoms with Crippen molar-refractivity contribution in [2.45, 2.75) is 27.2 Å². The van der Waals surface area contributed by atoms with Crippen molar-refractivity contribution in [3.8, 4) is 0 Å². The fourth-order valence-corrected chi connectivity index (χ4v) is 2.84. The highest BCUT2D eigenvalue weighted by Gasteiger charge is 2.18. The summed E-state index contributed by atoms with van der Waals surface area (Å²) in [4.78, 5) is 28.4. The Morgan fingerprint density at radius 2 is 2.05 bits per heavy atom. The van der Waals surface area contributed by atoms with Gasteiger partial charge in [-0.2, -0.15) is 0 Å². The predicted octanol–water partition coefficient (Wildman–Crippen LogP) is 3.27. The molecule has 0 unspecified atom stereocenters. The number of benzene rings is 1. The highest BCUT2D eigenvalue weighted by molar-refractivity contribution is 7.13. The molecule has 2 N–H and O–H groups in total. The van der Waals surface area contributed by atoms with Crippen LogP contribution in [0.25, 0.3) is 0 Å². The van der Waals surface area contributed by atoms with Gasteiger partial charge >= 0.3 is 5.97 Å². The molecule has 0 spiro atoms. The smallest absolute Gasteiger partial charge is 0.337 e. The van der Waals surface area contributed by atoms with Gasteiger partial charge in [-0.15, -0.1) is 11.3 Å². The van der Waals surface area contributed by atoms with Gasteiger partial charge in [-0.1, -0.05) is 18.6 Å². The van der Waals surface area contributed by atoms with Gasteiger partial charge in [0.25, 0.3) is 5.91 Å². The number of carbonyl (C=O) groups excluding carboxylic acids is 1. The van der Waals surface area contributed by atoms with Crippen LogP contribution in [0.4, 0.5) is 5.69 Å². The van der Waals surface area contributed by atoms with Crippen molar-refractivity contribution in [1.29, 1.82) is 0 Å². The number of aryl methyl sites for hydroxylation is 3. The van der Waals surface area contributed by atoms with E-state index in [9.17, 15) is 14.7 Å². The Bertz CT molecular complexity index is 707. The van der Waals surface area contributed by atoms with E-state index in [1.807, 2.05) is 6.92 Å². The van der Waals surface area contributed by atoms with E-state index in [1.165, 1.54) is 17.4 Å². The van der Waals surface area contributed by atoms with Crippen molar-refractivity contribution in [3.63, 3.8) is 0 Å². The zero-order valence-electron chi connectivity index (χ0n) is 12.1. The Kier molecular flexibility index (Phi) is 4.37. The molecule has 0 radical (unpaired) electrons. The average Bonchev–Trinajstić information content (AvgIpc) is 2.82. The minimum absolute atomic E-state index is 0.0845. The van der Waals surface area contributed by atoms with Gasteiger partial charge in [0.1, 0.15) is 4.88 Å². The van der Waals surface area contributed by atoms with Crippen LogP contribution in [-0.4, -0.2) is 22.0 Å². The SMILES string of the molecule is CCc1nc(C)c(C(=O)Nc2ccc(C)cc2C(=O)O)s1. The zero-order chi connectivity index (χ0) is 15.6. The normalized spacial score (nSPS) is 10.4. The third kappa shape index (κ3) is 3.28. The molecule has 21 heavy (non-hydrogen) atoms. The molecule has 0 saturated heterocycles. The molecule has 1 aromatic carbocycles. The molecule has 1 aromatic heterocycles. The topological polar surface area (TPSA) is 79.3 Å². The number of hydrogen-bond acceptors (Lipinski definition) is 4. The van der Waals surface area contributed by atoms with E-state index in [2.05, 4.69) is 10.3 Å². The average molecular weight is 304 g/mol. The number of hydrogen-bond donors (Lipinski definition) is 2. The molecule has 6 heteroatoms. The van der Waals surface area contributed by atoms with Crippen molar-refractivity contribution in [3.05, 3.63) is 44.9 Å². The molecule has 2 aromatic rings. The number of carbonyl (C=O) groups is 2. The first-order valence-corrected chi connectivity index (χ1v) is 7.35. The summed E-state index contributed by atoms with van der Waals surface area (Å²) in [5, 5.41) is 12.8. The van der Waals surface area contributed by atoms with Gasteiger partial charge in [0.15, 0.2) is 0 Å². The number of anilines is 1. The van der Waals surface area contributed by atoms with E-state index in [0.29, 0.717) is 16.3 Å². The first-order valence-electron chi connectivity index (χ1n) is 6.54. The second-order valence-electron chi connectivity index (χ2n) is 4.68. The van der Waals surface area contributed by atoms with E-state index in [1.54, 1.807) is 26.0 Å². The quantitative estimate of drug-likeness (QED) is 0.908. The lowest BCUT2D eigenvalue weighted by Crippen LogP contribution is -2.14. The number of thiazole rings is 1. The standard InChI is InChI=1S/C15H16N2O3S/c1-4-12-16-9(3)13(21-12)14(18)17-11-6-5-8(2)7-10(11)15(19)20/h5-7H,4H2,1-3H3,(H,17,18)(H,19,20). The summed E-state index contributed by atoms with van der Waals surface area (Å²) >= 11 is 1.33. The van der Waals surface area contributed by atoms with E-state index < -0.39 is 5.97 Å². The number of amides is 1. The van der Waals surface area contributed by atoms with Gasteiger partial charge in [-0.05, 0) is 32.4 Å². The Hall–Kier alpha value is -2.21. The second kappa shape index (κ2) is 6.05. The molecule has 1 heterocycles. The fraction of sp³-hybridized carbons (Fsp3) is 0.267. The molecule has 0 atom stereocenters. The lowest BCUT2D eigenvalue weighted by molar-refractivity contribution is 0.0698. The maximum atomic E-state index is 12.3. The lowest BCUT2D eigenvalue weighted by atomic mass is 10.1. The van der Waals surface area contributed by atoms with Gasteiger partial charge in [0.2, 0.25) is 0 Å². The molecule has 5 nitrogen and oxygen atoms in total. The first kappa shape index (κ1) is 15.2. The summed E-state index contributed by atoms with van der Waals surface area (Å²) < 4.78 is 0. The van der Waals surface area contributed by atoms with Crippen molar-refractivity contribution in [2.75, 3.05) is 5.32 Å². The summed E-state index contributed by atoms with van der Waals surface area (Å²) in [7, 11) is 0. The molecule has 2 rings (SSSR count). The van der Waals surface area contributed by atoms with Crippen LogP contribution in [0.3, 0.4) is 0 Å². The highest BCUT2D eigenvalue weighted by atomic mass is 32.1. The highest BCUT2D eigenvalue weighted by Crippen LogP contribution is 2.22. The predicted molar refractivity (Wildman–Crippen MR) is 82.3 cm³/mol. The number of carboxylic acid groups (broad SMARTS) is 1. The van der Waals surface area contributed by atoms with E-state index in [4.69, 9.17) is 0 Å². The molecule has 0 saturated carbocycles. The molecule has 110 valence electrons. The molecule has 0 aliphatic carbocycles. The van der Waals surface area contributed by atoms with Gasteiger partial charge in [0, 0.05) is 0 Å². The lowest BCUT2D eigenvalue weighted by Gasteiger charge is -2.08. The van der Waals surface area contributed by atoms with Crippen LogP contribution in [0.15, 0.2) is 18.2 Å². The Morgan fingerprint density at radius 3 is 2.62 bits per heavy atom. The first-order chi connectivity index (χ1) is 9.92. The maximum absolute atomic E-state index is 12.3. The molecule has 0 bridgehead atoms. The Labute approximate surface area is 126 Å². The van der Waals surface area contributed by atoms with Crippen LogP contribution >= 0.6 is 11.3 Å². The summed E-state index contributed by atoms with van der Waals surface area (Å²) in [6.45, 7) is 5.55. The number of nitrogens with zero attached hydrogens (tertiary/aromatic N) is 1. The van der Waals surface area contributed by atoms with Gasteiger partial charge in [-0.25, -0.2) is 9.78 Å². The van der Waals surface area contributed by atoms with Crippen molar-refractivity contribution in [2.24, 2.45) is 0 Å². The van der Waals surface area contributed by atoms with Gasteiger partial charge < -0.3 is 10.4 Å². The summed E-state index contributed by atoms with van der Waals surface area (Å²) in [5.74, 6) is -1.39. The second-order valence-corrected chi connectivity index (χ2v) is 5.77. The number of nitrogens with one attached hydrogen (secondary N) is 1. The third-order valence-corrected chi connectivity index (χ3v) is 4.30. The number of rotatable bonds is 4. The van der Waals surface area contributed by atoms with Crippen LogP contribution in [-0.2, 0) is 6.42 Å². The van der Waals surface area contributed by atoms with Crippen LogP contribution < -0.4 is 5.32 Å². The van der Waals surface area contributed by atoms with Crippen molar-refractivity contribution in [1.82, 2.24) is 4.98 Å².